The SMILES string of the molecule is CCN(CC)C(=O)c1ccc(NC(=O)C2CC(=O)N(Cc3ccc(C)cc3)C2)cc1. The molecule has 1 heterocycles. The Balaban J connectivity index is 1.57. The number of amides is 3. The summed E-state index contributed by atoms with van der Waals surface area (Å²) in [5.41, 5.74) is 3.45. The number of nitrogens with zero attached hydrogens (tertiary/aromatic N) is 2. The molecule has 1 aliphatic rings. The minimum absolute atomic E-state index is 0.00380. The lowest BCUT2D eigenvalue weighted by atomic mass is 10.1. The van der Waals surface area contributed by atoms with Crippen LogP contribution in [-0.4, -0.2) is 47.2 Å². The second-order valence-corrected chi connectivity index (χ2v) is 7.70. The summed E-state index contributed by atoms with van der Waals surface area (Å²) in [6, 6.07) is 15.0. The minimum Gasteiger partial charge on any atom is -0.339 e. The van der Waals surface area contributed by atoms with Crippen molar-refractivity contribution in [2.75, 3.05) is 25.0 Å². The lowest BCUT2D eigenvalue weighted by Crippen LogP contribution is -2.30. The topological polar surface area (TPSA) is 69.7 Å². The van der Waals surface area contributed by atoms with Gasteiger partial charge in [-0.2, -0.15) is 0 Å². The number of nitrogens with one attached hydrogen (secondary N) is 1. The molecule has 6 heteroatoms. The van der Waals surface area contributed by atoms with E-state index in [1.165, 1.54) is 5.56 Å². The molecule has 0 aromatic heterocycles. The molecular formula is C24H29N3O3. The number of anilines is 1. The van der Waals surface area contributed by atoms with E-state index in [0.717, 1.165) is 5.56 Å². The number of rotatable bonds is 7. The molecule has 0 bridgehead atoms. The molecule has 3 amide bonds. The molecule has 1 aliphatic heterocycles. The van der Waals surface area contributed by atoms with E-state index in [1.807, 2.05) is 45.0 Å². The molecule has 1 saturated heterocycles. The Hall–Kier alpha value is -3.15. The molecule has 1 N–H and O–H groups in total. The highest BCUT2D eigenvalue weighted by molar-refractivity contribution is 5.98. The van der Waals surface area contributed by atoms with Crippen molar-refractivity contribution in [3.05, 3.63) is 65.2 Å². The first-order valence-electron chi connectivity index (χ1n) is 10.4. The first-order chi connectivity index (χ1) is 14.4. The van der Waals surface area contributed by atoms with E-state index in [-0.39, 0.29) is 30.1 Å². The number of hydrogen-bond acceptors (Lipinski definition) is 3. The van der Waals surface area contributed by atoms with Crippen LogP contribution in [0.1, 0.15) is 41.8 Å². The molecule has 6 nitrogen and oxygen atoms in total. The minimum atomic E-state index is -0.375. The Bertz CT molecular complexity index is 902. The standard InChI is InChI=1S/C24H29N3O3/c1-4-26(5-2)24(30)19-10-12-21(13-11-19)25-23(29)20-14-22(28)27(16-20)15-18-8-6-17(3)7-9-18/h6-13,20H,4-5,14-16H2,1-3H3,(H,25,29). The van der Waals surface area contributed by atoms with Gasteiger partial charge in [-0.15, -0.1) is 0 Å². The van der Waals surface area contributed by atoms with Gasteiger partial charge in [0.1, 0.15) is 0 Å². The summed E-state index contributed by atoms with van der Waals surface area (Å²) in [5, 5.41) is 2.88. The molecular weight excluding hydrogens is 378 g/mol. The van der Waals surface area contributed by atoms with Crippen LogP contribution < -0.4 is 5.32 Å². The van der Waals surface area contributed by atoms with E-state index in [0.29, 0.717) is 37.4 Å². The number of hydrogen-bond donors (Lipinski definition) is 1. The van der Waals surface area contributed by atoms with Gasteiger partial charge in [0.25, 0.3) is 5.91 Å². The van der Waals surface area contributed by atoms with Crippen LogP contribution in [-0.2, 0) is 16.1 Å². The van der Waals surface area contributed by atoms with Crippen LogP contribution in [0.4, 0.5) is 5.69 Å². The summed E-state index contributed by atoms with van der Waals surface area (Å²) in [6.45, 7) is 8.16. The predicted octanol–water partition coefficient (Wildman–Crippen LogP) is 3.46. The maximum absolute atomic E-state index is 12.7. The van der Waals surface area contributed by atoms with Crippen LogP contribution in [0, 0.1) is 12.8 Å². The van der Waals surface area contributed by atoms with Crippen molar-refractivity contribution in [2.45, 2.75) is 33.7 Å². The van der Waals surface area contributed by atoms with Gasteiger partial charge in [-0.05, 0) is 50.6 Å². The average molecular weight is 408 g/mol. The van der Waals surface area contributed by atoms with Gasteiger partial charge in [0.05, 0.1) is 5.92 Å². The summed E-state index contributed by atoms with van der Waals surface area (Å²) in [7, 11) is 0. The second-order valence-electron chi connectivity index (χ2n) is 7.70. The fourth-order valence-corrected chi connectivity index (χ4v) is 3.65. The normalized spacial score (nSPS) is 15.9. The van der Waals surface area contributed by atoms with Gasteiger partial charge in [0.15, 0.2) is 0 Å². The zero-order chi connectivity index (χ0) is 21.7. The molecule has 1 fully saturated rings. The first-order valence-corrected chi connectivity index (χ1v) is 10.4. The van der Waals surface area contributed by atoms with Crippen LogP contribution in [0.25, 0.3) is 0 Å². The Kier molecular flexibility index (Phi) is 6.87. The lowest BCUT2D eigenvalue weighted by Gasteiger charge is -2.19. The maximum Gasteiger partial charge on any atom is 0.253 e. The Morgan fingerprint density at radius 3 is 2.27 bits per heavy atom. The van der Waals surface area contributed by atoms with Crippen LogP contribution in [0.2, 0.25) is 0 Å². The molecule has 0 spiro atoms. The third-order valence-electron chi connectivity index (χ3n) is 5.53. The largest absolute Gasteiger partial charge is 0.339 e. The zero-order valence-corrected chi connectivity index (χ0v) is 17.9. The molecule has 1 atom stereocenters. The molecule has 2 aromatic rings. The highest BCUT2D eigenvalue weighted by Crippen LogP contribution is 2.22. The number of likely N-dealkylation sites (tertiary alicyclic amines) is 1. The molecule has 2 aromatic carbocycles. The summed E-state index contributed by atoms with van der Waals surface area (Å²) >= 11 is 0. The average Bonchev–Trinajstić information content (AvgIpc) is 3.11. The van der Waals surface area contributed by atoms with E-state index in [1.54, 1.807) is 34.1 Å². The first kappa shape index (κ1) is 21.6. The van der Waals surface area contributed by atoms with Crippen molar-refractivity contribution in [1.82, 2.24) is 9.80 Å². The number of aryl methyl sites for hydroxylation is 1. The highest BCUT2D eigenvalue weighted by atomic mass is 16.2. The van der Waals surface area contributed by atoms with Crippen molar-refractivity contribution < 1.29 is 14.4 Å². The van der Waals surface area contributed by atoms with Gasteiger partial charge in [0, 0.05) is 43.9 Å². The van der Waals surface area contributed by atoms with Gasteiger partial charge in [-0.3, -0.25) is 14.4 Å². The fourth-order valence-electron chi connectivity index (χ4n) is 3.65. The smallest absolute Gasteiger partial charge is 0.253 e. The summed E-state index contributed by atoms with van der Waals surface area (Å²) in [6.07, 6.45) is 0.218. The molecule has 30 heavy (non-hydrogen) atoms. The highest BCUT2D eigenvalue weighted by Gasteiger charge is 2.34. The summed E-state index contributed by atoms with van der Waals surface area (Å²) < 4.78 is 0. The Morgan fingerprint density at radius 1 is 1.03 bits per heavy atom. The van der Waals surface area contributed by atoms with Crippen molar-refractivity contribution in [3.63, 3.8) is 0 Å². The maximum atomic E-state index is 12.7. The molecule has 3 rings (SSSR count). The lowest BCUT2D eigenvalue weighted by molar-refractivity contribution is -0.128. The van der Waals surface area contributed by atoms with Gasteiger partial charge >= 0.3 is 0 Å². The van der Waals surface area contributed by atoms with Crippen LogP contribution in [0.5, 0.6) is 0 Å². The van der Waals surface area contributed by atoms with Crippen molar-refractivity contribution in [1.29, 1.82) is 0 Å². The second kappa shape index (κ2) is 9.57. The fraction of sp³-hybridized carbons (Fsp3) is 0.375. The number of carbonyl (C=O) groups excluding carboxylic acids is 3. The third kappa shape index (κ3) is 5.06. The Morgan fingerprint density at radius 2 is 1.67 bits per heavy atom. The van der Waals surface area contributed by atoms with Gasteiger partial charge < -0.3 is 15.1 Å². The van der Waals surface area contributed by atoms with Crippen molar-refractivity contribution in [3.8, 4) is 0 Å². The van der Waals surface area contributed by atoms with Gasteiger partial charge in [0.2, 0.25) is 11.8 Å². The predicted molar refractivity (Wildman–Crippen MR) is 117 cm³/mol. The summed E-state index contributed by atoms with van der Waals surface area (Å²) in [5.74, 6) is -0.570. The van der Waals surface area contributed by atoms with E-state index in [4.69, 9.17) is 0 Å². The van der Waals surface area contributed by atoms with E-state index < -0.39 is 0 Å². The molecule has 0 radical (unpaired) electrons. The molecule has 0 aliphatic carbocycles. The van der Waals surface area contributed by atoms with Gasteiger partial charge in [-0.25, -0.2) is 0 Å². The number of benzene rings is 2. The van der Waals surface area contributed by atoms with E-state index >= 15 is 0 Å². The summed E-state index contributed by atoms with van der Waals surface area (Å²) in [4.78, 5) is 40.9. The van der Waals surface area contributed by atoms with E-state index in [9.17, 15) is 14.4 Å². The van der Waals surface area contributed by atoms with Gasteiger partial charge in [-0.1, -0.05) is 29.8 Å². The quantitative estimate of drug-likeness (QED) is 0.764. The van der Waals surface area contributed by atoms with Crippen molar-refractivity contribution >= 4 is 23.4 Å². The van der Waals surface area contributed by atoms with Crippen LogP contribution in [0.3, 0.4) is 0 Å². The monoisotopic (exact) mass is 407 g/mol. The van der Waals surface area contributed by atoms with Crippen LogP contribution in [0.15, 0.2) is 48.5 Å². The van der Waals surface area contributed by atoms with Crippen molar-refractivity contribution in [2.24, 2.45) is 5.92 Å². The zero-order valence-electron chi connectivity index (χ0n) is 17.9. The molecule has 0 saturated carbocycles. The van der Waals surface area contributed by atoms with E-state index in [2.05, 4.69) is 5.32 Å². The molecule has 158 valence electrons. The van der Waals surface area contributed by atoms with Crippen LogP contribution >= 0.6 is 0 Å². The third-order valence-corrected chi connectivity index (χ3v) is 5.53. The number of carbonyl (C=O) groups is 3. The molecule has 1 unspecified atom stereocenters. The Labute approximate surface area is 177 Å².